The van der Waals surface area contributed by atoms with Gasteiger partial charge < -0.3 is 0 Å². The molecule has 0 atom stereocenters. The van der Waals surface area contributed by atoms with Crippen LogP contribution in [0.25, 0.3) is 6.08 Å². The van der Waals surface area contributed by atoms with Gasteiger partial charge in [-0.1, -0.05) is 40.2 Å². The van der Waals surface area contributed by atoms with Gasteiger partial charge in [0.25, 0.3) is 0 Å². The molecule has 1 aliphatic carbocycles. The zero-order valence-electron chi connectivity index (χ0n) is 5.47. The Hall–Kier alpha value is -0.560. The zero-order valence-corrected chi connectivity index (χ0v) is 7.06. The van der Waals surface area contributed by atoms with E-state index in [-0.39, 0.29) is 0 Å². The molecule has 0 aromatic heterocycles. The summed E-state index contributed by atoms with van der Waals surface area (Å²) in [5, 5.41) is 0. The van der Waals surface area contributed by atoms with Gasteiger partial charge in [0.05, 0.1) is 0 Å². The smallest absolute Gasteiger partial charge is 0.0216 e. The third kappa shape index (κ3) is 0.816. The molecule has 0 unspecified atom stereocenters. The Bertz CT molecular complexity index is 287. The van der Waals surface area contributed by atoms with E-state index in [0.717, 1.165) is 6.42 Å². The summed E-state index contributed by atoms with van der Waals surface area (Å²) >= 11 is 3.51. The summed E-state index contributed by atoms with van der Waals surface area (Å²) in [6.45, 7) is 0. The van der Waals surface area contributed by atoms with Crippen LogP contribution in [0, 0.1) is 0 Å². The van der Waals surface area contributed by atoms with Crippen molar-refractivity contribution >= 4 is 22.0 Å². The molecule has 1 aromatic rings. The molecule has 1 aromatic carbocycles. The van der Waals surface area contributed by atoms with Crippen LogP contribution in [0.15, 0.2) is 28.7 Å². The van der Waals surface area contributed by atoms with E-state index >= 15 is 0 Å². The number of allylic oxidation sites excluding steroid dienone is 1. The molecule has 0 N–H and O–H groups in total. The van der Waals surface area contributed by atoms with Crippen LogP contribution in [0.4, 0.5) is 0 Å². The van der Waals surface area contributed by atoms with E-state index in [1.54, 1.807) is 0 Å². The van der Waals surface area contributed by atoms with Crippen molar-refractivity contribution in [1.82, 2.24) is 0 Å². The highest BCUT2D eigenvalue weighted by Crippen LogP contribution is 2.26. The van der Waals surface area contributed by atoms with Crippen LogP contribution in [-0.2, 0) is 6.42 Å². The molecule has 1 heteroatoms. The Morgan fingerprint density at radius 3 is 3.00 bits per heavy atom. The number of halogens is 1. The Balaban J connectivity index is 2.66. The molecule has 0 aliphatic heterocycles. The minimum Gasteiger partial charge on any atom is -0.0795 e. The van der Waals surface area contributed by atoms with Crippen molar-refractivity contribution in [2.75, 3.05) is 0 Å². The van der Waals surface area contributed by atoms with Crippen LogP contribution in [0.5, 0.6) is 0 Å². The van der Waals surface area contributed by atoms with E-state index < -0.39 is 0 Å². The Morgan fingerprint density at radius 2 is 2.20 bits per heavy atom. The van der Waals surface area contributed by atoms with Gasteiger partial charge in [0.15, 0.2) is 0 Å². The lowest BCUT2D eigenvalue weighted by molar-refractivity contribution is 1.29. The minimum atomic E-state index is 1.08. The maximum absolute atomic E-state index is 3.51. The second-order valence-electron chi connectivity index (χ2n) is 2.41. The lowest BCUT2D eigenvalue weighted by atomic mass is 10.1. The van der Waals surface area contributed by atoms with Gasteiger partial charge >= 0.3 is 0 Å². The van der Waals surface area contributed by atoms with Crippen molar-refractivity contribution in [2.24, 2.45) is 0 Å². The molecule has 0 spiro atoms. The van der Waals surface area contributed by atoms with E-state index in [2.05, 4.69) is 46.3 Å². The first-order valence-corrected chi connectivity index (χ1v) is 4.11. The first kappa shape index (κ1) is 6.17. The summed E-state index contributed by atoms with van der Waals surface area (Å²) in [5.74, 6) is 0. The Kier molecular flexibility index (Phi) is 1.38. The van der Waals surface area contributed by atoms with E-state index in [1.807, 2.05) is 0 Å². The third-order valence-electron chi connectivity index (χ3n) is 1.77. The number of rotatable bonds is 0. The quantitative estimate of drug-likeness (QED) is 0.596. The average molecular weight is 195 g/mol. The summed E-state index contributed by atoms with van der Waals surface area (Å²) in [6, 6.07) is 6.30. The molecular weight excluding hydrogens is 188 g/mol. The van der Waals surface area contributed by atoms with E-state index in [9.17, 15) is 0 Å². The average Bonchev–Trinajstić information content (AvgIpc) is 2.36. The predicted molar refractivity (Wildman–Crippen MR) is 46.9 cm³/mol. The Morgan fingerprint density at radius 1 is 1.30 bits per heavy atom. The number of fused-ring (bicyclic) bond motifs is 1. The normalized spacial score (nSPS) is 13.7. The monoisotopic (exact) mass is 194 g/mol. The van der Waals surface area contributed by atoms with E-state index in [4.69, 9.17) is 0 Å². The van der Waals surface area contributed by atoms with Crippen molar-refractivity contribution in [3.8, 4) is 0 Å². The van der Waals surface area contributed by atoms with Gasteiger partial charge in [-0.05, 0) is 23.6 Å². The molecule has 0 bridgehead atoms. The maximum Gasteiger partial charge on any atom is 0.0216 e. The summed E-state index contributed by atoms with van der Waals surface area (Å²) in [5.41, 5.74) is 2.77. The summed E-state index contributed by atoms with van der Waals surface area (Å²) in [6.07, 6.45) is 5.44. The van der Waals surface area contributed by atoms with Gasteiger partial charge in [0.2, 0.25) is 0 Å². The fourth-order valence-electron chi connectivity index (χ4n) is 1.25. The third-order valence-corrected chi connectivity index (χ3v) is 2.52. The molecule has 0 nitrogen and oxygen atoms in total. The molecule has 2 rings (SSSR count). The minimum absolute atomic E-state index is 1.08. The van der Waals surface area contributed by atoms with Crippen LogP contribution >= 0.6 is 15.9 Å². The molecule has 0 amide bonds. The molecule has 0 fully saturated rings. The lowest BCUT2D eigenvalue weighted by Crippen LogP contribution is -1.81. The predicted octanol–water partition coefficient (Wildman–Crippen LogP) is 3.02. The van der Waals surface area contributed by atoms with Gasteiger partial charge in [-0.3, -0.25) is 0 Å². The molecule has 10 heavy (non-hydrogen) atoms. The first-order valence-electron chi connectivity index (χ1n) is 3.32. The number of hydrogen-bond donors (Lipinski definition) is 0. The topological polar surface area (TPSA) is 0 Å². The summed E-state index contributed by atoms with van der Waals surface area (Å²) in [7, 11) is 0. The zero-order chi connectivity index (χ0) is 6.97. The van der Waals surface area contributed by atoms with Gasteiger partial charge in [-0.2, -0.15) is 0 Å². The van der Waals surface area contributed by atoms with Crippen LogP contribution in [0.2, 0.25) is 0 Å². The maximum atomic E-state index is 3.51. The van der Waals surface area contributed by atoms with Crippen LogP contribution in [-0.4, -0.2) is 0 Å². The van der Waals surface area contributed by atoms with Crippen molar-refractivity contribution in [2.45, 2.75) is 6.42 Å². The van der Waals surface area contributed by atoms with Gasteiger partial charge in [0, 0.05) is 4.47 Å². The van der Waals surface area contributed by atoms with Gasteiger partial charge in [-0.25, -0.2) is 0 Å². The molecule has 0 radical (unpaired) electrons. The highest BCUT2D eigenvalue weighted by atomic mass is 79.9. The molecule has 1 aliphatic rings. The van der Waals surface area contributed by atoms with Crippen molar-refractivity contribution < 1.29 is 0 Å². The van der Waals surface area contributed by atoms with Gasteiger partial charge in [-0.15, -0.1) is 0 Å². The first-order chi connectivity index (χ1) is 4.88. The highest BCUT2D eigenvalue weighted by molar-refractivity contribution is 9.10. The van der Waals surface area contributed by atoms with Crippen LogP contribution in [0.3, 0.4) is 0 Å². The molecule has 0 saturated heterocycles. The SMILES string of the molecule is Brc1cccc2c1CC=C2. The fourth-order valence-corrected chi connectivity index (χ4v) is 1.79. The van der Waals surface area contributed by atoms with Crippen molar-refractivity contribution in [3.05, 3.63) is 39.9 Å². The van der Waals surface area contributed by atoms with Crippen LogP contribution < -0.4 is 0 Å². The van der Waals surface area contributed by atoms with Crippen molar-refractivity contribution in [3.63, 3.8) is 0 Å². The Labute approximate surface area is 68.7 Å². The second-order valence-corrected chi connectivity index (χ2v) is 3.27. The number of hydrogen-bond acceptors (Lipinski definition) is 0. The highest BCUT2D eigenvalue weighted by Gasteiger charge is 2.06. The summed E-state index contributed by atoms with van der Waals surface area (Å²) < 4.78 is 1.23. The standard InChI is InChI=1S/C9H7Br/c10-9-6-2-4-7-3-1-5-8(7)9/h1-4,6H,5H2. The number of benzene rings is 1. The van der Waals surface area contributed by atoms with Crippen LogP contribution in [0.1, 0.15) is 11.1 Å². The van der Waals surface area contributed by atoms with E-state index in [1.165, 1.54) is 15.6 Å². The fraction of sp³-hybridized carbons (Fsp3) is 0.111. The second kappa shape index (κ2) is 2.24. The lowest BCUT2D eigenvalue weighted by Gasteiger charge is -1.99. The summed E-state index contributed by atoms with van der Waals surface area (Å²) in [4.78, 5) is 0. The van der Waals surface area contributed by atoms with E-state index in [0.29, 0.717) is 0 Å². The van der Waals surface area contributed by atoms with Gasteiger partial charge in [0.1, 0.15) is 0 Å². The molecule has 0 saturated carbocycles. The van der Waals surface area contributed by atoms with Crippen molar-refractivity contribution in [1.29, 1.82) is 0 Å². The molecular formula is C9H7Br. The molecule has 50 valence electrons. The largest absolute Gasteiger partial charge is 0.0795 e. The molecule has 0 heterocycles.